The molecule has 29 heavy (non-hydrogen) atoms. The molecule has 0 aliphatic rings. The van der Waals surface area contributed by atoms with E-state index in [1.165, 1.54) is 33.3 Å². The van der Waals surface area contributed by atoms with Crippen LogP contribution in [0.15, 0.2) is 30.3 Å². The van der Waals surface area contributed by atoms with Gasteiger partial charge in [0.2, 0.25) is 5.91 Å². The minimum atomic E-state index is -0.723. The zero-order valence-corrected chi connectivity index (χ0v) is 16.4. The number of amides is 2. The van der Waals surface area contributed by atoms with Crippen molar-refractivity contribution in [3.05, 3.63) is 46.0 Å². The summed E-state index contributed by atoms with van der Waals surface area (Å²) in [5.41, 5.74) is 0.0224. The molecule has 0 fully saturated rings. The predicted molar refractivity (Wildman–Crippen MR) is 106 cm³/mol. The molecule has 0 aromatic heterocycles. The number of methoxy groups -OCH3 is 2. The Morgan fingerprint density at radius 1 is 1.03 bits per heavy atom. The highest BCUT2D eigenvalue weighted by atomic mass is 16.6. The molecule has 0 aliphatic carbocycles. The number of nitro benzene ring substituents is 1. The molecule has 0 bridgehead atoms. The van der Waals surface area contributed by atoms with Crippen molar-refractivity contribution in [3.8, 4) is 17.2 Å². The number of hydrogen-bond donors (Lipinski definition) is 2. The molecule has 0 aliphatic heterocycles. The molecule has 2 aromatic rings. The van der Waals surface area contributed by atoms with E-state index in [1.807, 2.05) is 0 Å². The van der Waals surface area contributed by atoms with Crippen LogP contribution in [-0.4, -0.2) is 37.6 Å². The Morgan fingerprint density at radius 2 is 1.72 bits per heavy atom. The van der Waals surface area contributed by atoms with E-state index in [1.54, 1.807) is 19.1 Å². The van der Waals surface area contributed by atoms with Gasteiger partial charge in [-0.05, 0) is 25.1 Å². The fourth-order valence-electron chi connectivity index (χ4n) is 2.58. The SMILES string of the molecule is CCOc1cc(C(=O)Nc2ccc(OC)c(NC(C)=O)c2)c([N+](=O)[O-])cc1OC. The Labute approximate surface area is 166 Å². The van der Waals surface area contributed by atoms with Crippen LogP contribution < -0.4 is 24.8 Å². The van der Waals surface area contributed by atoms with Gasteiger partial charge in [-0.15, -0.1) is 0 Å². The molecule has 0 radical (unpaired) electrons. The van der Waals surface area contributed by atoms with Gasteiger partial charge in [-0.25, -0.2) is 0 Å². The van der Waals surface area contributed by atoms with Crippen LogP contribution in [0.3, 0.4) is 0 Å². The highest BCUT2D eigenvalue weighted by Gasteiger charge is 2.25. The maximum absolute atomic E-state index is 12.8. The van der Waals surface area contributed by atoms with Crippen molar-refractivity contribution in [2.45, 2.75) is 13.8 Å². The number of nitro groups is 1. The van der Waals surface area contributed by atoms with Crippen molar-refractivity contribution in [3.63, 3.8) is 0 Å². The molecule has 154 valence electrons. The Morgan fingerprint density at radius 3 is 2.28 bits per heavy atom. The summed E-state index contributed by atoms with van der Waals surface area (Å²) in [6, 6.07) is 6.97. The molecule has 2 amide bonds. The van der Waals surface area contributed by atoms with E-state index in [4.69, 9.17) is 14.2 Å². The topological polar surface area (TPSA) is 129 Å². The first-order valence-corrected chi connectivity index (χ1v) is 8.56. The summed E-state index contributed by atoms with van der Waals surface area (Å²) in [4.78, 5) is 34.9. The molecule has 0 saturated carbocycles. The van der Waals surface area contributed by atoms with Crippen LogP contribution in [-0.2, 0) is 4.79 Å². The molecule has 2 aromatic carbocycles. The third kappa shape index (κ3) is 5.12. The van der Waals surface area contributed by atoms with E-state index in [9.17, 15) is 19.7 Å². The van der Waals surface area contributed by atoms with E-state index < -0.39 is 16.5 Å². The minimum absolute atomic E-state index is 0.146. The number of nitrogens with zero attached hydrogens (tertiary/aromatic N) is 1. The monoisotopic (exact) mass is 403 g/mol. The number of carbonyl (C=O) groups excluding carboxylic acids is 2. The van der Waals surface area contributed by atoms with E-state index >= 15 is 0 Å². The fraction of sp³-hybridized carbons (Fsp3) is 0.263. The lowest BCUT2D eigenvalue weighted by molar-refractivity contribution is -0.385. The quantitative estimate of drug-likeness (QED) is 0.511. The smallest absolute Gasteiger partial charge is 0.286 e. The zero-order chi connectivity index (χ0) is 21.6. The first-order chi connectivity index (χ1) is 13.8. The van der Waals surface area contributed by atoms with Crippen LogP contribution >= 0.6 is 0 Å². The Bertz CT molecular complexity index is 944. The van der Waals surface area contributed by atoms with E-state index in [0.717, 1.165) is 6.07 Å². The maximum atomic E-state index is 12.8. The molecular formula is C19H21N3O7. The molecule has 0 spiro atoms. The lowest BCUT2D eigenvalue weighted by Crippen LogP contribution is -2.15. The normalized spacial score (nSPS) is 10.1. The summed E-state index contributed by atoms with van der Waals surface area (Å²) in [5.74, 6) is -0.294. The number of anilines is 2. The van der Waals surface area contributed by atoms with Crippen molar-refractivity contribution in [2.75, 3.05) is 31.5 Å². The van der Waals surface area contributed by atoms with Gasteiger partial charge in [0.05, 0.1) is 37.5 Å². The van der Waals surface area contributed by atoms with Crippen molar-refractivity contribution < 1.29 is 28.7 Å². The summed E-state index contributed by atoms with van der Waals surface area (Å²) < 4.78 is 15.7. The lowest BCUT2D eigenvalue weighted by Gasteiger charge is -2.13. The average Bonchev–Trinajstić information content (AvgIpc) is 2.67. The van der Waals surface area contributed by atoms with Gasteiger partial charge < -0.3 is 24.8 Å². The number of hydrogen-bond acceptors (Lipinski definition) is 7. The molecule has 0 atom stereocenters. The van der Waals surface area contributed by atoms with Gasteiger partial charge in [0.25, 0.3) is 11.6 Å². The first kappa shape index (κ1) is 21.5. The van der Waals surface area contributed by atoms with Gasteiger partial charge in [-0.3, -0.25) is 19.7 Å². The summed E-state index contributed by atoms with van der Waals surface area (Å²) in [7, 11) is 2.79. The molecule has 0 saturated heterocycles. The van der Waals surface area contributed by atoms with E-state index in [0.29, 0.717) is 17.1 Å². The zero-order valence-electron chi connectivity index (χ0n) is 16.4. The van der Waals surface area contributed by atoms with Crippen LogP contribution in [0.25, 0.3) is 0 Å². The largest absolute Gasteiger partial charge is 0.495 e. The Hall–Kier alpha value is -3.82. The lowest BCUT2D eigenvalue weighted by atomic mass is 10.1. The average molecular weight is 403 g/mol. The molecule has 2 rings (SSSR count). The highest BCUT2D eigenvalue weighted by molar-refractivity contribution is 6.08. The third-order valence-electron chi connectivity index (χ3n) is 3.79. The number of benzene rings is 2. The van der Waals surface area contributed by atoms with Crippen LogP contribution in [0.4, 0.5) is 17.1 Å². The van der Waals surface area contributed by atoms with Gasteiger partial charge in [0.1, 0.15) is 11.3 Å². The van der Waals surface area contributed by atoms with Crippen LogP contribution in [0.5, 0.6) is 17.2 Å². The van der Waals surface area contributed by atoms with E-state index in [-0.39, 0.29) is 29.6 Å². The molecule has 10 heteroatoms. The van der Waals surface area contributed by atoms with Crippen molar-refractivity contribution in [1.29, 1.82) is 0 Å². The molecule has 0 unspecified atom stereocenters. The third-order valence-corrected chi connectivity index (χ3v) is 3.79. The Kier molecular flexibility index (Phi) is 6.96. The number of carbonyl (C=O) groups is 2. The van der Waals surface area contributed by atoms with Crippen LogP contribution in [0.2, 0.25) is 0 Å². The molecule has 2 N–H and O–H groups in total. The Balaban J connectivity index is 2.43. The number of rotatable bonds is 8. The highest BCUT2D eigenvalue weighted by Crippen LogP contribution is 2.35. The maximum Gasteiger partial charge on any atom is 0.286 e. The number of ether oxygens (including phenoxy) is 3. The van der Waals surface area contributed by atoms with Gasteiger partial charge in [0, 0.05) is 18.7 Å². The predicted octanol–water partition coefficient (Wildman–Crippen LogP) is 3.22. The van der Waals surface area contributed by atoms with Gasteiger partial charge in [-0.2, -0.15) is 0 Å². The second kappa shape index (κ2) is 9.40. The minimum Gasteiger partial charge on any atom is -0.495 e. The van der Waals surface area contributed by atoms with Crippen molar-refractivity contribution >= 4 is 28.9 Å². The standard InChI is InChI=1S/C19H21N3O7/c1-5-29-18-9-13(15(22(25)26)10-17(18)28-4)19(24)21-12-6-7-16(27-3)14(8-12)20-11(2)23/h6-10H,5H2,1-4H3,(H,20,23)(H,21,24). The molecule has 10 nitrogen and oxygen atoms in total. The van der Waals surface area contributed by atoms with Gasteiger partial charge in [0.15, 0.2) is 11.5 Å². The molecule has 0 heterocycles. The summed E-state index contributed by atoms with van der Waals surface area (Å²) in [6.07, 6.45) is 0. The van der Waals surface area contributed by atoms with E-state index in [2.05, 4.69) is 10.6 Å². The van der Waals surface area contributed by atoms with Crippen molar-refractivity contribution in [2.24, 2.45) is 0 Å². The fourth-order valence-corrected chi connectivity index (χ4v) is 2.58. The first-order valence-electron chi connectivity index (χ1n) is 8.56. The van der Waals surface area contributed by atoms with Crippen molar-refractivity contribution in [1.82, 2.24) is 0 Å². The summed E-state index contributed by atoms with van der Waals surface area (Å²) >= 11 is 0. The second-order valence-corrected chi connectivity index (χ2v) is 5.76. The van der Waals surface area contributed by atoms with Crippen LogP contribution in [0, 0.1) is 10.1 Å². The summed E-state index contributed by atoms with van der Waals surface area (Å²) in [5, 5.41) is 16.6. The number of nitrogens with one attached hydrogen (secondary N) is 2. The van der Waals surface area contributed by atoms with Crippen LogP contribution in [0.1, 0.15) is 24.2 Å². The second-order valence-electron chi connectivity index (χ2n) is 5.76. The van der Waals surface area contributed by atoms with Gasteiger partial charge in [-0.1, -0.05) is 0 Å². The molecular weight excluding hydrogens is 382 g/mol. The summed E-state index contributed by atoms with van der Waals surface area (Å²) in [6.45, 7) is 3.36. The van der Waals surface area contributed by atoms with Gasteiger partial charge >= 0.3 is 0 Å².